The summed E-state index contributed by atoms with van der Waals surface area (Å²) in [5.74, 6) is 3.68. The Hall–Kier alpha value is -1.30. The summed E-state index contributed by atoms with van der Waals surface area (Å²) in [5.41, 5.74) is 0.453. The number of hydrogen-bond donors (Lipinski definition) is 1. The minimum atomic E-state index is -0.0594. The summed E-state index contributed by atoms with van der Waals surface area (Å²) in [6, 6.07) is 0. The molecule has 1 N–H and O–H groups in total. The molecule has 7 atom stereocenters. The van der Waals surface area contributed by atoms with Crippen LogP contribution in [0, 0.1) is 35.0 Å². The fourth-order valence-corrected chi connectivity index (χ4v) is 7.46. The number of carbonyl (C=O) groups excluding carboxylic acids is 1. The van der Waals surface area contributed by atoms with Crippen molar-refractivity contribution in [3.05, 3.63) is 6.33 Å². The van der Waals surface area contributed by atoms with Gasteiger partial charge >= 0.3 is 0 Å². The third-order valence-electron chi connectivity index (χ3n) is 9.20. The van der Waals surface area contributed by atoms with Gasteiger partial charge in [-0.3, -0.25) is 4.79 Å². The van der Waals surface area contributed by atoms with E-state index in [1.165, 1.54) is 56.0 Å². The van der Waals surface area contributed by atoms with Gasteiger partial charge in [-0.25, -0.2) is 4.68 Å². The lowest BCUT2D eigenvalue weighted by Gasteiger charge is -2.58. The molecule has 3 aliphatic rings. The molecule has 0 spiro atoms. The average Bonchev–Trinajstić information content (AvgIpc) is 3.25. The van der Waals surface area contributed by atoms with Crippen LogP contribution >= 0.6 is 0 Å². The van der Waals surface area contributed by atoms with Crippen LogP contribution in [0.4, 0.5) is 0 Å². The molecule has 3 aliphatic carbocycles. The van der Waals surface area contributed by atoms with Crippen LogP contribution < -0.4 is 0 Å². The maximum atomic E-state index is 12.6. The van der Waals surface area contributed by atoms with E-state index in [4.69, 9.17) is 0 Å². The number of rotatable bonds is 8. The first-order valence-electron chi connectivity index (χ1n) is 12.4. The van der Waals surface area contributed by atoms with Crippen molar-refractivity contribution in [2.75, 3.05) is 0 Å². The first-order chi connectivity index (χ1) is 14.5. The number of nitrogens with zero attached hydrogens (tertiary/aromatic N) is 4. The number of aliphatic hydroxyl groups excluding tert-OH is 1. The fourth-order valence-electron chi connectivity index (χ4n) is 7.46. The Balaban J connectivity index is 1.31. The fraction of sp³-hybridized carbons (Fsp3) is 0.917. The van der Waals surface area contributed by atoms with E-state index in [2.05, 4.69) is 29.4 Å². The summed E-state index contributed by atoms with van der Waals surface area (Å²) in [7, 11) is 0. The van der Waals surface area contributed by atoms with Crippen LogP contribution in [0.15, 0.2) is 6.33 Å². The number of ketones is 1. The Kier molecular flexibility index (Phi) is 6.91. The summed E-state index contributed by atoms with van der Waals surface area (Å²) in [6.45, 7) is 4.97. The number of aromatic nitrogens is 4. The Morgan fingerprint density at radius 2 is 2.13 bits per heavy atom. The summed E-state index contributed by atoms with van der Waals surface area (Å²) in [5, 5.41) is 21.3. The highest BCUT2D eigenvalue weighted by molar-refractivity contribution is 5.80. The molecule has 0 aromatic carbocycles. The van der Waals surface area contributed by atoms with Crippen molar-refractivity contribution in [1.82, 2.24) is 20.2 Å². The molecule has 4 rings (SSSR count). The van der Waals surface area contributed by atoms with E-state index in [1.807, 2.05) is 0 Å². The summed E-state index contributed by atoms with van der Waals surface area (Å²) >= 11 is 0. The van der Waals surface area contributed by atoms with Gasteiger partial charge in [-0.05, 0) is 90.9 Å². The first-order valence-corrected chi connectivity index (χ1v) is 12.4. The Bertz CT molecular complexity index is 693. The molecule has 30 heavy (non-hydrogen) atoms. The molecule has 1 aromatic rings. The van der Waals surface area contributed by atoms with Gasteiger partial charge in [0.2, 0.25) is 0 Å². The molecule has 0 bridgehead atoms. The van der Waals surface area contributed by atoms with Crippen LogP contribution in [0.3, 0.4) is 0 Å². The predicted octanol–water partition coefficient (Wildman–Crippen LogP) is 4.43. The normalized spacial score (nSPS) is 37.2. The van der Waals surface area contributed by atoms with E-state index in [0.29, 0.717) is 12.0 Å². The molecule has 1 heterocycles. The van der Waals surface area contributed by atoms with E-state index in [-0.39, 0.29) is 17.8 Å². The van der Waals surface area contributed by atoms with Gasteiger partial charge < -0.3 is 5.11 Å². The van der Waals surface area contributed by atoms with Gasteiger partial charge in [0.25, 0.3) is 0 Å². The molecule has 1 aromatic heterocycles. The smallest absolute Gasteiger partial charge is 0.157 e. The highest BCUT2D eigenvalue weighted by atomic mass is 16.3. The van der Waals surface area contributed by atoms with Crippen molar-refractivity contribution in [2.45, 2.75) is 104 Å². The molecule has 0 radical (unpaired) electrons. The van der Waals surface area contributed by atoms with Gasteiger partial charge in [0.1, 0.15) is 12.9 Å². The van der Waals surface area contributed by atoms with Crippen molar-refractivity contribution in [1.29, 1.82) is 0 Å². The molecular formula is C24H40N4O2. The lowest BCUT2D eigenvalue weighted by molar-refractivity contribution is -0.124. The third kappa shape index (κ3) is 4.49. The molecule has 0 amide bonds. The third-order valence-corrected chi connectivity index (χ3v) is 9.20. The number of hydrogen-bond acceptors (Lipinski definition) is 5. The number of aliphatic hydroxyl groups is 1. The van der Waals surface area contributed by atoms with Gasteiger partial charge in [0.15, 0.2) is 5.78 Å². The largest absolute Gasteiger partial charge is 0.393 e. The Morgan fingerprint density at radius 1 is 1.27 bits per heavy atom. The Morgan fingerprint density at radius 3 is 2.90 bits per heavy atom. The van der Waals surface area contributed by atoms with Crippen LogP contribution in [-0.2, 0) is 11.3 Å². The molecule has 3 saturated carbocycles. The molecular weight excluding hydrogens is 376 g/mol. The minimum absolute atomic E-state index is 0.0594. The maximum absolute atomic E-state index is 12.6. The summed E-state index contributed by atoms with van der Waals surface area (Å²) < 4.78 is 1.54. The second-order valence-corrected chi connectivity index (χ2v) is 10.7. The number of fused-ring (bicyclic) bond motifs is 3. The molecule has 0 unspecified atom stereocenters. The van der Waals surface area contributed by atoms with Gasteiger partial charge in [-0.1, -0.05) is 39.5 Å². The van der Waals surface area contributed by atoms with Gasteiger partial charge in [0.05, 0.1) is 6.10 Å². The van der Waals surface area contributed by atoms with Crippen molar-refractivity contribution >= 4 is 5.78 Å². The lowest BCUT2D eigenvalue weighted by atomic mass is 9.48. The predicted molar refractivity (Wildman–Crippen MR) is 115 cm³/mol. The van der Waals surface area contributed by atoms with Crippen LogP contribution in [0.1, 0.15) is 90.9 Å². The average molecular weight is 417 g/mol. The highest BCUT2D eigenvalue weighted by Gasteiger charge is 2.52. The summed E-state index contributed by atoms with van der Waals surface area (Å²) in [4.78, 5) is 12.6. The number of carbonyl (C=O) groups is 1. The Labute approximate surface area is 181 Å². The minimum Gasteiger partial charge on any atom is -0.393 e. The van der Waals surface area contributed by atoms with Crippen LogP contribution in [-0.4, -0.2) is 37.2 Å². The second-order valence-electron chi connectivity index (χ2n) is 10.7. The van der Waals surface area contributed by atoms with Crippen LogP contribution in [0.5, 0.6) is 0 Å². The molecule has 3 fully saturated rings. The highest BCUT2D eigenvalue weighted by Crippen LogP contribution is 2.60. The number of tetrazole rings is 1. The van der Waals surface area contributed by atoms with Crippen LogP contribution in [0.2, 0.25) is 0 Å². The first kappa shape index (κ1) is 21.9. The molecule has 0 aliphatic heterocycles. The molecule has 0 saturated heterocycles. The van der Waals surface area contributed by atoms with E-state index in [9.17, 15) is 9.90 Å². The van der Waals surface area contributed by atoms with Crippen LogP contribution in [0.25, 0.3) is 0 Å². The van der Waals surface area contributed by atoms with Crippen molar-refractivity contribution in [3.63, 3.8) is 0 Å². The topological polar surface area (TPSA) is 80.9 Å². The van der Waals surface area contributed by atoms with Crippen molar-refractivity contribution < 1.29 is 9.90 Å². The zero-order valence-corrected chi connectivity index (χ0v) is 18.9. The zero-order valence-electron chi connectivity index (χ0n) is 18.9. The SMILES string of the molecule is CC[C@H](CCC[C@@H]1CCC[C@H]2[C@H]1CC[C@H]1C[C@H](O)CC[C@@]12C)C(=O)Cn1cnnn1. The molecule has 6 heteroatoms. The van der Waals surface area contributed by atoms with Gasteiger partial charge in [0, 0.05) is 5.92 Å². The van der Waals surface area contributed by atoms with Gasteiger partial charge in [-0.15, -0.1) is 5.10 Å². The monoisotopic (exact) mass is 416 g/mol. The second kappa shape index (κ2) is 9.46. The lowest BCUT2D eigenvalue weighted by Crippen LogP contribution is -2.50. The van der Waals surface area contributed by atoms with E-state index in [0.717, 1.165) is 55.8 Å². The maximum Gasteiger partial charge on any atom is 0.157 e. The summed E-state index contributed by atoms with van der Waals surface area (Å²) in [6.07, 6.45) is 15.9. The van der Waals surface area contributed by atoms with Crippen molar-refractivity contribution in [2.24, 2.45) is 35.0 Å². The number of Topliss-reactive ketones (excluding diaryl/α,β-unsaturated/α-hetero) is 1. The quantitative estimate of drug-likeness (QED) is 0.678. The van der Waals surface area contributed by atoms with Gasteiger partial charge in [-0.2, -0.15) is 0 Å². The standard InChI is InChI=1S/C24H40N4O2/c1-3-17(23(30)15-28-16-25-26-27-28)6-4-7-18-8-5-9-22-21(18)11-10-19-14-20(29)12-13-24(19,22)2/h16-22,29H,3-15H2,1-2H3/t17-,18-,19+,20-,21+,22+,24+/m1/s1. The zero-order chi connectivity index (χ0) is 21.1. The van der Waals surface area contributed by atoms with E-state index < -0.39 is 0 Å². The van der Waals surface area contributed by atoms with Crippen molar-refractivity contribution in [3.8, 4) is 0 Å². The molecule has 168 valence electrons. The van der Waals surface area contributed by atoms with E-state index >= 15 is 0 Å². The molecule has 6 nitrogen and oxygen atoms in total. The van der Waals surface area contributed by atoms with E-state index in [1.54, 1.807) is 0 Å².